The lowest BCUT2D eigenvalue weighted by atomic mass is 9.72. The van der Waals surface area contributed by atoms with Crippen molar-refractivity contribution in [3.05, 3.63) is 50.9 Å². The fraction of sp³-hybridized carbons (Fsp3) is 0.435. The predicted octanol–water partition coefficient (Wildman–Crippen LogP) is 5.51. The third-order valence-electron chi connectivity index (χ3n) is 5.54. The molecule has 0 bridgehead atoms. The number of hydrogen-bond donors (Lipinski definition) is 2. The maximum absolute atomic E-state index is 12.6. The molecule has 4 nitrogen and oxygen atoms in total. The van der Waals surface area contributed by atoms with Gasteiger partial charge in [-0.25, -0.2) is 0 Å². The van der Waals surface area contributed by atoms with E-state index in [1.54, 1.807) is 11.3 Å². The average molecular weight is 426 g/mol. The molecule has 1 aromatic heterocycles. The van der Waals surface area contributed by atoms with E-state index < -0.39 is 0 Å². The SMILES string of the molecule is Cc1cc(C)cc(C(=O)NC(=S)Nc2sc3c(c2C#N)CC[C@H](C(C)(C)C)C3)c1. The topological polar surface area (TPSA) is 64.9 Å². The van der Waals surface area contributed by atoms with Gasteiger partial charge >= 0.3 is 0 Å². The summed E-state index contributed by atoms with van der Waals surface area (Å²) >= 11 is 6.95. The predicted molar refractivity (Wildman–Crippen MR) is 124 cm³/mol. The number of carbonyl (C=O) groups excluding carboxylic acids is 1. The van der Waals surface area contributed by atoms with E-state index >= 15 is 0 Å². The highest BCUT2D eigenvalue weighted by atomic mass is 32.1. The largest absolute Gasteiger partial charge is 0.323 e. The highest BCUT2D eigenvalue weighted by molar-refractivity contribution is 7.80. The van der Waals surface area contributed by atoms with Crippen LogP contribution in [-0.4, -0.2) is 11.0 Å². The molecule has 1 aliphatic rings. The molecule has 1 heterocycles. The summed E-state index contributed by atoms with van der Waals surface area (Å²) in [6.45, 7) is 10.7. The van der Waals surface area contributed by atoms with E-state index in [0.717, 1.165) is 41.0 Å². The van der Waals surface area contributed by atoms with Crippen molar-refractivity contribution in [2.45, 2.75) is 53.9 Å². The number of carbonyl (C=O) groups is 1. The smallest absolute Gasteiger partial charge is 0.257 e. The molecule has 0 saturated heterocycles. The molecule has 0 saturated carbocycles. The summed E-state index contributed by atoms with van der Waals surface area (Å²) in [7, 11) is 0. The molecule has 6 heteroatoms. The number of rotatable bonds is 2. The van der Waals surface area contributed by atoms with Gasteiger partial charge in [-0.1, -0.05) is 38.0 Å². The number of nitrogens with one attached hydrogen (secondary N) is 2. The standard InChI is InChI=1S/C23H27N3OS2/c1-13-8-14(2)10-15(9-13)20(27)25-22(28)26-21-18(12-24)17-7-6-16(23(3,4)5)11-19(17)29-21/h8-10,16H,6-7,11H2,1-5H3,(H2,25,26,27,28)/t16-/m0/s1. The normalized spacial score (nSPS) is 15.9. The lowest BCUT2D eigenvalue weighted by Gasteiger charge is -2.33. The Balaban J connectivity index is 1.75. The Hall–Kier alpha value is -2.23. The third-order valence-corrected chi connectivity index (χ3v) is 6.91. The van der Waals surface area contributed by atoms with Crippen molar-refractivity contribution in [3.8, 4) is 6.07 Å². The fourth-order valence-electron chi connectivity index (χ4n) is 3.95. The highest BCUT2D eigenvalue weighted by Crippen LogP contribution is 2.43. The van der Waals surface area contributed by atoms with Crippen LogP contribution >= 0.6 is 23.6 Å². The van der Waals surface area contributed by atoms with Gasteiger partial charge in [-0.15, -0.1) is 11.3 Å². The molecule has 0 radical (unpaired) electrons. The number of fused-ring (bicyclic) bond motifs is 1. The Kier molecular flexibility index (Phi) is 6.11. The van der Waals surface area contributed by atoms with Gasteiger partial charge in [-0.05, 0) is 74.4 Å². The van der Waals surface area contributed by atoms with Crippen molar-refractivity contribution in [1.29, 1.82) is 5.26 Å². The molecule has 2 aromatic rings. The Morgan fingerprint density at radius 3 is 2.48 bits per heavy atom. The number of anilines is 1. The molecule has 1 amide bonds. The minimum Gasteiger partial charge on any atom is -0.323 e. The molecule has 0 unspecified atom stereocenters. The third kappa shape index (κ3) is 4.85. The van der Waals surface area contributed by atoms with Crippen LogP contribution in [0.1, 0.15) is 64.7 Å². The highest BCUT2D eigenvalue weighted by Gasteiger charge is 2.32. The van der Waals surface area contributed by atoms with Crippen molar-refractivity contribution in [1.82, 2.24) is 5.32 Å². The van der Waals surface area contributed by atoms with Crippen molar-refractivity contribution >= 4 is 39.6 Å². The van der Waals surface area contributed by atoms with Crippen LogP contribution in [0.5, 0.6) is 0 Å². The summed E-state index contributed by atoms with van der Waals surface area (Å²) in [5.41, 5.74) is 4.69. The maximum Gasteiger partial charge on any atom is 0.257 e. The molecule has 1 aliphatic carbocycles. The quantitative estimate of drug-likeness (QED) is 0.622. The number of thiocarbonyl (C=S) groups is 1. The van der Waals surface area contributed by atoms with Crippen LogP contribution in [0.3, 0.4) is 0 Å². The summed E-state index contributed by atoms with van der Waals surface area (Å²) in [5.74, 6) is 0.353. The van der Waals surface area contributed by atoms with E-state index in [1.807, 2.05) is 32.0 Å². The van der Waals surface area contributed by atoms with Crippen LogP contribution in [0, 0.1) is 36.5 Å². The summed E-state index contributed by atoms with van der Waals surface area (Å²) in [5, 5.41) is 16.5. The van der Waals surface area contributed by atoms with Crippen molar-refractivity contribution in [3.63, 3.8) is 0 Å². The Morgan fingerprint density at radius 2 is 1.90 bits per heavy atom. The zero-order valence-corrected chi connectivity index (χ0v) is 19.2. The number of thiophene rings is 1. The molecule has 1 aromatic carbocycles. The first-order valence-electron chi connectivity index (χ1n) is 9.83. The van der Waals surface area contributed by atoms with Crippen LogP contribution in [-0.2, 0) is 12.8 Å². The molecule has 3 rings (SSSR count). The Morgan fingerprint density at radius 1 is 1.24 bits per heavy atom. The first-order chi connectivity index (χ1) is 13.6. The van der Waals surface area contributed by atoms with Gasteiger partial charge in [0.25, 0.3) is 5.91 Å². The van der Waals surface area contributed by atoms with Gasteiger partial charge in [-0.3, -0.25) is 10.1 Å². The molecular weight excluding hydrogens is 398 g/mol. The molecular formula is C23H27N3OS2. The molecule has 0 fully saturated rings. The van der Waals surface area contributed by atoms with E-state index in [2.05, 4.69) is 37.5 Å². The number of nitrogens with zero attached hydrogens (tertiary/aromatic N) is 1. The summed E-state index contributed by atoms with van der Waals surface area (Å²) in [6, 6.07) is 8.03. The molecule has 0 aliphatic heterocycles. The monoisotopic (exact) mass is 425 g/mol. The van der Waals surface area contributed by atoms with E-state index in [1.165, 1.54) is 4.88 Å². The van der Waals surface area contributed by atoms with Crippen LogP contribution in [0.15, 0.2) is 18.2 Å². The molecule has 152 valence electrons. The summed E-state index contributed by atoms with van der Waals surface area (Å²) in [6.07, 6.45) is 3.00. The number of benzene rings is 1. The Labute approximate surface area is 182 Å². The van der Waals surface area contributed by atoms with Gasteiger partial charge in [0.15, 0.2) is 5.11 Å². The fourth-order valence-corrected chi connectivity index (χ4v) is 5.49. The van der Waals surface area contributed by atoms with Crippen molar-refractivity contribution < 1.29 is 4.79 Å². The second kappa shape index (κ2) is 8.25. The second-order valence-electron chi connectivity index (χ2n) is 8.91. The summed E-state index contributed by atoms with van der Waals surface area (Å²) < 4.78 is 0. The molecule has 1 atom stereocenters. The molecule has 0 spiro atoms. The van der Waals surface area contributed by atoms with E-state index in [0.29, 0.717) is 17.0 Å². The van der Waals surface area contributed by atoms with Crippen LogP contribution < -0.4 is 10.6 Å². The van der Waals surface area contributed by atoms with Gasteiger partial charge in [0.1, 0.15) is 11.1 Å². The van der Waals surface area contributed by atoms with Gasteiger partial charge in [0.2, 0.25) is 0 Å². The van der Waals surface area contributed by atoms with Gasteiger partial charge in [0.05, 0.1) is 5.56 Å². The molecule has 29 heavy (non-hydrogen) atoms. The van der Waals surface area contributed by atoms with Gasteiger partial charge in [-0.2, -0.15) is 5.26 Å². The lowest BCUT2D eigenvalue weighted by Crippen LogP contribution is -2.34. The number of hydrogen-bond acceptors (Lipinski definition) is 4. The first-order valence-corrected chi connectivity index (χ1v) is 11.1. The zero-order valence-electron chi connectivity index (χ0n) is 17.6. The number of aryl methyl sites for hydroxylation is 2. The van der Waals surface area contributed by atoms with Crippen molar-refractivity contribution in [2.24, 2.45) is 11.3 Å². The van der Waals surface area contributed by atoms with Crippen LogP contribution in [0.2, 0.25) is 0 Å². The zero-order chi connectivity index (χ0) is 21.3. The van der Waals surface area contributed by atoms with E-state index in [-0.39, 0.29) is 16.4 Å². The maximum atomic E-state index is 12.6. The van der Waals surface area contributed by atoms with Crippen LogP contribution in [0.25, 0.3) is 0 Å². The second-order valence-corrected chi connectivity index (χ2v) is 10.4. The molecule has 2 N–H and O–H groups in total. The minimum absolute atomic E-state index is 0.219. The first kappa shape index (κ1) is 21.5. The van der Waals surface area contributed by atoms with E-state index in [4.69, 9.17) is 12.2 Å². The average Bonchev–Trinajstić information content (AvgIpc) is 2.95. The van der Waals surface area contributed by atoms with Crippen LogP contribution in [0.4, 0.5) is 5.00 Å². The summed E-state index contributed by atoms with van der Waals surface area (Å²) in [4.78, 5) is 13.8. The number of nitriles is 1. The van der Waals surface area contributed by atoms with Gasteiger partial charge in [0, 0.05) is 10.4 Å². The minimum atomic E-state index is -0.248. The Bertz CT molecular complexity index is 988. The number of amides is 1. The van der Waals surface area contributed by atoms with Crippen molar-refractivity contribution in [2.75, 3.05) is 5.32 Å². The lowest BCUT2D eigenvalue weighted by molar-refractivity contribution is 0.0977. The van der Waals surface area contributed by atoms with Gasteiger partial charge < -0.3 is 5.32 Å². The van der Waals surface area contributed by atoms with E-state index in [9.17, 15) is 10.1 Å².